The Morgan fingerprint density at radius 2 is 2.04 bits per heavy atom. The molecule has 0 atom stereocenters. The Hall–Kier alpha value is -1.06. The van der Waals surface area contributed by atoms with Crippen molar-refractivity contribution in [1.82, 2.24) is 15.6 Å². The van der Waals surface area contributed by atoms with E-state index in [2.05, 4.69) is 39.8 Å². The molecule has 2 N–H and O–H groups in total. The van der Waals surface area contributed by atoms with E-state index in [1.807, 2.05) is 12.1 Å². The zero-order valence-electron chi connectivity index (χ0n) is 14.8. The number of benzene rings is 1. The van der Waals surface area contributed by atoms with Gasteiger partial charge in [-0.05, 0) is 18.1 Å². The minimum absolute atomic E-state index is 0. The predicted molar refractivity (Wildman–Crippen MR) is 117 cm³/mol. The SMILES string of the molecule is CN=C(NCc1nc(C(C)C)cs1)NCc1ccc(Cl)cc1OC.I. The lowest BCUT2D eigenvalue weighted by molar-refractivity contribution is 0.409. The monoisotopic (exact) mass is 494 g/mol. The summed E-state index contributed by atoms with van der Waals surface area (Å²) in [5.41, 5.74) is 2.15. The van der Waals surface area contributed by atoms with Crippen LogP contribution in [0.25, 0.3) is 0 Å². The highest BCUT2D eigenvalue weighted by Crippen LogP contribution is 2.23. The number of methoxy groups -OCH3 is 1. The zero-order valence-corrected chi connectivity index (χ0v) is 18.7. The molecule has 2 aromatic rings. The molecule has 0 aliphatic carbocycles. The number of rotatable bonds is 6. The van der Waals surface area contributed by atoms with Gasteiger partial charge < -0.3 is 15.4 Å². The molecule has 0 aliphatic heterocycles. The van der Waals surface area contributed by atoms with Gasteiger partial charge in [-0.3, -0.25) is 4.99 Å². The first-order chi connectivity index (χ1) is 11.5. The first-order valence-corrected chi connectivity index (χ1v) is 9.00. The first-order valence-electron chi connectivity index (χ1n) is 7.74. The molecule has 2 rings (SSSR count). The fourth-order valence-electron chi connectivity index (χ4n) is 2.09. The molecular weight excluding hydrogens is 471 g/mol. The number of nitrogens with one attached hydrogen (secondary N) is 2. The van der Waals surface area contributed by atoms with Gasteiger partial charge in [0.05, 0.1) is 19.3 Å². The minimum atomic E-state index is 0. The van der Waals surface area contributed by atoms with Gasteiger partial charge in [-0.1, -0.05) is 31.5 Å². The van der Waals surface area contributed by atoms with Crippen LogP contribution in [-0.2, 0) is 13.1 Å². The maximum Gasteiger partial charge on any atom is 0.191 e. The Bertz CT molecular complexity index is 706. The fraction of sp³-hybridized carbons (Fsp3) is 0.412. The molecule has 0 unspecified atom stereocenters. The molecule has 25 heavy (non-hydrogen) atoms. The molecule has 1 heterocycles. The third kappa shape index (κ3) is 6.63. The van der Waals surface area contributed by atoms with Crippen LogP contribution in [0.1, 0.15) is 36.0 Å². The summed E-state index contributed by atoms with van der Waals surface area (Å²) in [6, 6.07) is 5.59. The highest BCUT2D eigenvalue weighted by atomic mass is 127. The van der Waals surface area contributed by atoms with Gasteiger partial charge in [0.1, 0.15) is 10.8 Å². The number of aliphatic imine (C=N–C) groups is 1. The smallest absolute Gasteiger partial charge is 0.191 e. The lowest BCUT2D eigenvalue weighted by atomic mass is 10.2. The number of aromatic nitrogens is 1. The molecule has 0 bridgehead atoms. The van der Waals surface area contributed by atoms with E-state index >= 15 is 0 Å². The Morgan fingerprint density at radius 3 is 2.64 bits per heavy atom. The number of thiazole rings is 1. The molecule has 1 aromatic heterocycles. The fourth-order valence-corrected chi connectivity index (χ4v) is 3.15. The van der Waals surface area contributed by atoms with E-state index in [1.165, 1.54) is 0 Å². The summed E-state index contributed by atoms with van der Waals surface area (Å²) in [5.74, 6) is 1.92. The van der Waals surface area contributed by atoms with Gasteiger partial charge in [0, 0.05) is 29.6 Å². The van der Waals surface area contributed by atoms with E-state index in [0.29, 0.717) is 30.0 Å². The minimum Gasteiger partial charge on any atom is -0.496 e. The molecule has 8 heteroatoms. The molecule has 0 aliphatic rings. The van der Waals surface area contributed by atoms with Crippen LogP contribution in [0.3, 0.4) is 0 Å². The van der Waals surface area contributed by atoms with Crippen LogP contribution in [0.2, 0.25) is 5.02 Å². The normalized spacial score (nSPS) is 11.2. The molecule has 0 spiro atoms. The van der Waals surface area contributed by atoms with Crippen LogP contribution in [-0.4, -0.2) is 25.1 Å². The van der Waals surface area contributed by atoms with E-state index in [9.17, 15) is 0 Å². The number of ether oxygens (including phenoxy) is 1. The van der Waals surface area contributed by atoms with Crippen molar-refractivity contribution in [3.05, 3.63) is 44.9 Å². The summed E-state index contributed by atoms with van der Waals surface area (Å²) in [6.07, 6.45) is 0. The Morgan fingerprint density at radius 1 is 1.32 bits per heavy atom. The van der Waals surface area contributed by atoms with Crippen molar-refractivity contribution < 1.29 is 4.74 Å². The van der Waals surface area contributed by atoms with Crippen LogP contribution in [0, 0.1) is 0 Å². The maximum absolute atomic E-state index is 5.99. The van der Waals surface area contributed by atoms with Crippen molar-refractivity contribution in [1.29, 1.82) is 0 Å². The van der Waals surface area contributed by atoms with Crippen LogP contribution >= 0.6 is 46.9 Å². The highest BCUT2D eigenvalue weighted by Gasteiger charge is 2.08. The summed E-state index contributed by atoms with van der Waals surface area (Å²) in [6.45, 7) is 5.53. The van der Waals surface area contributed by atoms with Gasteiger partial charge in [0.15, 0.2) is 5.96 Å². The van der Waals surface area contributed by atoms with Gasteiger partial charge in [-0.2, -0.15) is 0 Å². The van der Waals surface area contributed by atoms with E-state index in [-0.39, 0.29) is 24.0 Å². The molecular formula is C17H24ClIN4OS. The summed E-state index contributed by atoms with van der Waals surface area (Å²) < 4.78 is 5.35. The van der Waals surface area contributed by atoms with Gasteiger partial charge in [0.25, 0.3) is 0 Å². The highest BCUT2D eigenvalue weighted by molar-refractivity contribution is 14.0. The third-order valence-corrected chi connectivity index (χ3v) is 4.59. The van der Waals surface area contributed by atoms with Gasteiger partial charge >= 0.3 is 0 Å². The quantitative estimate of drug-likeness (QED) is 0.355. The molecule has 5 nitrogen and oxygen atoms in total. The molecule has 0 fully saturated rings. The lowest BCUT2D eigenvalue weighted by Gasteiger charge is -2.13. The van der Waals surface area contributed by atoms with Gasteiger partial charge in [0.2, 0.25) is 0 Å². The number of nitrogens with zero attached hydrogens (tertiary/aromatic N) is 2. The van der Waals surface area contributed by atoms with Crippen molar-refractivity contribution in [2.45, 2.75) is 32.9 Å². The Labute approximate surface area is 175 Å². The Kier molecular flexibility index (Phi) is 9.52. The maximum atomic E-state index is 5.99. The molecule has 1 aromatic carbocycles. The summed E-state index contributed by atoms with van der Waals surface area (Å²) in [7, 11) is 3.38. The molecule has 0 radical (unpaired) electrons. The number of hydrogen-bond acceptors (Lipinski definition) is 4. The summed E-state index contributed by atoms with van der Waals surface area (Å²) in [5, 5.41) is 10.4. The second-order valence-corrected chi connectivity index (χ2v) is 6.94. The lowest BCUT2D eigenvalue weighted by Crippen LogP contribution is -2.36. The summed E-state index contributed by atoms with van der Waals surface area (Å²) >= 11 is 7.65. The van der Waals surface area contributed by atoms with Crippen LogP contribution in [0.4, 0.5) is 0 Å². The summed E-state index contributed by atoms with van der Waals surface area (Å²) in [4.78, 5) is 8.85. The van der Waals surface area contributed by atoms with Crippen molar-refractivity contribution in [3.8, 4) is 5.75 Å². The second kappa shape index (κ2) is 10.8. The molecule has 0 amide bonds. The third-order valence-electron chi connectivity index (χ3n) is 3.49. The van der Waals surface area contributed by atoms with Crippen molar-refractivity contribution in [2.24, 2.45) is 4.99 Å². The van der Waals surface area contributed by atoms with Crippen molar-refractivity contribution in [2.75, 3.05) is 14.2 Å². The first kappa shape index (κ1) is 22.0. The van der Waals surface area contributed by atoms with E-state index in [0.717, 1.165) is 22.0 Å². The van der Waals surface area contributed by atoms with Gasteiger partial charge in [-0.25, -0.2) is 4.98 Å². The average Bonchev–Trinajstić information content (AvgIpc) is 3.05. The number of guanidine groups is 1. The van der Waals surface area contributed by atoms with E-state index < -0.39 is 0 Å². The van der Waals surface area contributed by atoms with Crippen LogP contribution in [0.15, 0.2) is 28.6 Å². The standard InChI is InChI=1S/C17H23ClN4OS.HI/c1-11(2)14-10-24-16(22-14)9-21-17(19-3)20-8-12-5-6-13(18)7-15(12)23-4;/h5-7,10-11H,8-9H2,1-4H3,(H2,19,20,21);1H. The van der Waals surface area contributed by atoms with E-state index in [4.69, 9.17) is 16.3 Å². The van der Waals surface area contributed by atoms with Crippen LogP contribution < -0.4 is 15.4 Å². The Balaban J connectivity index is 0.00000312. The van der Waals surface area contributed by atoms with Gasteiger partial charge in [-0.15, -0.1) is 35.3 Å². The van der Waals surface area contributed by atoms with E-state index in [1.54, 1.807) is 31.6 Å². The molecule has 0 saturated heterocycles. The largest absolute Gasteiger partial charge is 0.496 e. The van der Waals surface area contributed by atoms with Crippen LogP contribution in [0.5, 0.6) is 5.75 Å². The second-order valence-electron chi connectivity index (χ2n) is 5.56. The predicted octanol–water partition coefficient (Wildman–Crippen LogP) is 4.41. The molecule has 0 saturated carbocycles. The number of hydrogen-bond donors (Lipinski definition) is 2. The zero-order chi connectivity index (χ0) is 17.5. The van der Waals surface area contributed by atoms with Crippen molar-refractivity contribution in [3.63, 3.8) is 0 Å². The molecule has 138 valence electrons. The average molecular weight is 495 g/mol. The number of halogens is 2. The topological polar surface area (TPSA) is 58.5 Å². The van der Waals surface area contributed by atoms with Crippen molar-refractivity contribution >= 4 is 52.9 Å².